The van der Waals surface area contributed by atoms with Gasteiger partial charge in [-0.1, -0.05) is 18.2 Å². The number of benzene rings is 1. The van der Waals surface area contributed by atoms with Crippen molar-refractivity contribution in [1.82, 2.24) is 4.98 Å². The molecular weight excluding hydrogens is 302 g/mol. The quantitative estimate of drug-likeness (QED) is 0.574. The molecule has 1 unspecified atom stereocenters. The third-order valence-corrected chi connectivity index (χ3v) is 4.09. The predicted molar refractivity (Wildman–Crippen MR) is 83.5 cm³/mol. The Balaban J connectivity index is 1.71. The molecule has 0 amide bonds. The molecule has 1 aromatic carbocycles. The first-order chi connectivity index (χ1) is 10.6. The Kier molecular flexibility index (Phi) is 3.99. The number of non-ortho nitro benzene ring substituents is 1. The molecule has 3 aromatic rings. The monoisotopic (exact) mass is 315 g/mol. The fraction of sp³-hybridized carbons (Fsp3) is 0.133. The zero-order valence-corrected chi connectivity index (χ0v) is 12.3. The lowest BCUT2D eigenvalue weighted by Gasteiger charge is -2.07. The highest BCUT2D eigenvalue weighted by Crippen LogP contribution is 2.26. The summed E-state index contributed by atoms with van der Waals surface area (Å²) in [6.45, 7) is 0. The molecule has 0 aliphatic rings. The first-order valence-corrected chi connectivity index (χ1v) is 7.49. The second-order valence-electron chi connectivity index (χ2n) is 4.79. The van der Waals surface area contributed by atoms with Crippen LogP contribution in [0.4, 0.5) is 5.69 Å². The topological polar surface area (TPSA) is 95.2 Å². The summed E-state index contributed by atoms with van der Waals surface area (Å²) in [5, 5.41) is 12.6. The second-order valence-corrected chi connectivity index (χ2v) is 5.74. The standard InChI is InChI=1S/C15H13N3O3S/c16-12(8-10-3-5-11(6-4-10)18(19)20)13-9-21-15(17-13)14-2-1-7-22-14/h1-7,9,12H,8,16H2. The van der Waals surface area contributed by atoms with Gasteiger partial charge in [0.1, 0.15) is 6.26 Å². The van der Waals surface area contributed by atoms with Crippen LogP contribution in [0.25, 0.3) is 10.8 Å². The molecule has 2 heterocycles. The van der Waals surface area contributed by atoms with Gasteiger partial charge in [-0.05, 0) is 23.4 Å². The Morgan fingerprint density at radius 2 is 2.09 bits per heavy atom. The number of hydrogen-bond donors (Lipinski definition) is 1. The Labute approximate surface area is 130 Å². The highest BCUT2D eigenvalue weighted by atomic mass is 32.1. The van der Waals surface area contributed by atoms with Crippen LogP contribution in [0, 0.1) is 10.1 Å². The van der Waals surface area contributed by atoms with Crippen LogP contribution in [0.1, 0.15) is 17.3 Å². The zero-order chi connectivity index (χ0) is 15.5. The third kappa shape index (κ3) is 3.05. The van der Waals surface area contributed by atoms with Gasteiger partial charge in [0.2, 0.25) is 5.89 Å². The molecule has 0 saturated carbocycles. The van der Waals surface area contributed by atoms with Crippen LogP contribution < -0.4 is 5.73 Å². The maximum Gasteiger partial charge on any atom is 0.269 e. The molecule has 1 atom stereocenters. The number of nitro benzene ring substituents is 1. The van der Waals surface area contributed by atoms with Gasteiger partial charge in [-0.15, -0.1) is 11.3 Å². The summed E-state index contributed by atoms with van der Waals surface area (Å²) in [4.78, 5) is 15.6. The van der Waals surface area contributed by atoms with Crippen molar-refractivity contribution in [1.29, 1.82) is 0 Å². The number of nitrogens with two attached hydrogens (primary N) is 1. The van der Waals surface area contributed by atoms with Crippen molar-refractivity contribution in [3.63, 3.8) is 0 Å². The van der Waals surface area contributed by atoms with Crippen molar-refractivity contribution in [2.75, 3.05) is 0 Å². The normalized spacial score (nSPS) is 12.2. The number of aromatic nitrogens is 1. The molecule has 0 fully saturated rings. The molecule has 0 radical (unpaired) electrons. The van der Waals surface area contributed by atoms with Crippen LogP contribution >= 0.6 is 11.3 Å². The van der Waals surface area contributed by atoms with Gasteiger partial charge in [0.05, 0.1) is 21.5 Å². The maximum atomic E-state index is 10.6. The van der Waals surface area contributed by atoms with E-state index in [1.165, 1.54) is 12.1 Å². The molecule has 0 aliphatic heterocycles. The molecule has 0 bridgehead atoms. The van der Waals surface area contributed by atoms with Crippen molar-refractivity contribution < 1.29 is 9.34 Å². The lowest BCUT2D eigenvalue weighted by atomic mass is 10.0. The van der Waals surface area contributed by atoms with Gasteiger partial charge in [0.25, 0.3) is 5.69 Å². The SMILES string of the molecule is NC(Cc1ccc([N+](=O)[O-])cc1)c1coc(-c2cccs2)n1. The van der Waals surface area contributed by atoms with E-state index in [0.717, 1.165) is 10.4 Å². The molecule has 0 aliphatic carbocycles. The first-order valence-electron chi connectivity index (χ1n) is 6.61. The average molecular weight is 315 g/mol. The Hall–Kier alpha value is -2.51. The molecule has 2 aromatic heterocycles. The van der Waals surface area contributed by atoms with E-state index < -0.39 is 4.92 Å². The smallest absolute Gasteiger partial charge is 0.269 e. The van der Waals surface area contributed by atoms with E-state index in [-0.39, 0.29) is 11.7 Å². The van der Waals surface area contributed by atoms with Gasteiger partial charge in [0, 0.05) is 12.1 Å². The minimum atomic E-state index is -0.422. The Morgan fingerprint density at radius 3 is 2.73 bits per heavy atom. The van der Waals surface area contributed by atoms with E-state index >= 15 is 0 Å². The van der Waals surface area contributed by atoms with Crippen molar-refractivity contribution in [3.8, 4) is 10.8 Å². The van der Waals surface area contributed by atoms with Crippen molar-refractivity contribution in [2.45, 2.75) is 12.5 Å². The second kappa shape index (κ2) is 6.08. The molecule has 22 heavy (non-hydrogen) atoms. The summed E-state index contributed by atoms with van der Waals surface area (Å²) in [7, 11) is 0. The van der Waals surface area contributed by atoms with E-state index in [4.69, 9.17) is 10.2 Å². The summed E-state index contributed by atoms with van der Waals surface area (Å²) in [6.07, 6.45) is 2.10. The highest BCUT2D eigenvalue weighted by Gasteiger charge is 2.15. The van der Waals surface area contributed by atoms with Crippen LogP contribution in [0.15, 0.2) is 52.5 Å². The number of nitro groups is 1. The Bertz CT molecular complexity index is 766. The van der Waals surface area contributed by atoms with E-state index in [1.807, 2.05) is 17.5 Å². The number of nitrogens with zero attached hydrogens (tertiary/aromatic N) is 2. The summed E-state index contributed by atoms with van der Waals surface area (Å²) in [6, 6.07) is 9.90. The van der Waals surface area contributed by atoms with Gasteiger partial charge in [-0.3, -0.25) is 10.1 Å². The molecule has 3 rings (SSSR count). The molecule has 7 heteroatoms. The first kappa shape index (κ1) is 14.4. The summed E-state index contributed by atoms with van der Waals surface area (Å²) in [5.41, 5.74) is 7.79. The highest BCUT2D eigenvalue weighted by molar-refractivity contribution is 7.13. The van der Waals surface area contributed by atoms with Crippen LogP contribution in [0.3, 0.4) is 0 Å². The molecule has 6 nitrogen and oxygen atoms in total. The lowest BCUT2D eigenvalue weighted by molar-refractivity contribution is -0.384. The number of rotatable bonds is 5. The fourth-order valence-electron chi connectivity index (χ4n) is 2.08. The van der Waals surface area contributed by atoms with Crippen LogP contribution in [-0.4, -0.2) is 9.91 Å². The summed E-state index contributed by atoms with van der Waals surface area (Å²) < 4.78 is 5.45. The lowest BCUT2D eigenvalue weighted by Crippen LogP contribution is -2.13. The van der Waals surface area contributed by atoms with Crippen molar-refractivity contribution in [2.24, 2.45) is 5.73 Å². The zero-order valence-electron chi connectivity index (χ0n) is 11.5. The largest absolute Gasteiger partial charge is 0.443 e. The van der Waals surface area contributed by atoms with E-state index in [0.29, 0.717) is 18.0 Å². The molecule has 0 saturated heterocycles. The minimum Gasteiger partial charge on any atom is -0.443 e. The number of thiophene rings is 1. The van der Waals surface area contributed by atoms with E-state index in [9.17, 15) is 10.1 Å². The third-order valence-electron chi connectivity index (χ3n) is 3.24. The Morgan fingerprint density at radius 1 is 1.32 bits per heavy atom. The molecule has 0 spiro atoms. The minimum absolute atomic E-state index is 0.0683. The summed E-state index contributed by atoms with van der Waals surface area (Å²) in [5.74, 6) is 0.559. The van der Waals surface area contributed by atoms with Gasteiger partial charge in [0.15, 0.2) is 0 Å². The van der Waals surface area contributed by atoms with Crippen LogP contribution in [0.5, 0.6) is 0 Å². The van der Waals surface area contributed by atoms with Gasteiger partial charge in [-0.2, -0.15) is 0 Å². The van der Waals surface area contributed by atoms with E-state index in [1.54, 1.807) is 29.7 Å². The van der Waals surface area contributed by atoms with Gasteiger partial charge >= 0.3 is 0 Å². The van der Waals surface area contributed by atoms with Crippen molar-refractivity contribution in [3.05, 3.63) is 69.4 Å². The molecule has 2 N–H and O–H groups in total. The number of oxazole rings is 1. The molecule has 112 valence electrons. The maximum absolute atomic E-state index is 10.6. The van der Waals surface area contributed by atoms with Crippen LogP contribution in [0.2, 0.25) is 0 Å². The fourth-order valence-corrected chi connectivity index (χ4v) is 2.74. The van der Waals surface area contributed by atoms with Gasteiger partial charge in [-0.25, -0.2) is 4.98 Å². The van der Waals surface area contributed by atoms with Gasteiger partial charge < -0.3 is 10.2 Å². The van der Waals surface area contributed by atoms with Crippen molar-refractivity contribution >= 4 is 17.0 Å². The summed E-state index contributed by atoms with van der Waals surface area (Å²) >= 11 is 1.55. The number of hydrogen-bond acceptors (Lipinski definition) is 6. The van der Waals surface area contributed by atoms with Crippen LogP contribution in [-0.2, 0) is 6.42 Å². The van der Waals surface area contributed by atoms with E-state index in [2.05, 4.69) is 4.98 Å². The molecular formula is C15H13N3O3S. The average Bonchev–Trinajstić information content (AvgIpc) is 3.19. The predicted octanol–water partition coefficient (Wildman–Crippen LogP) is 3.55.